The summed E-state index contributed by atoms with van der Waals surface area (Å²) in [4.78, 5) is 22.3. The second-order valence-electron chi connectivity index (χ2n) is 8.50. The van der Waals surface area contributed by atoms with E-state index in [-0.39, 0.29) is 31.9 Å². The number of pyridine rings is 2. The molecule has 1 aliphatic heterocycles. The molecular weight excluding hydrogens is 458 g/mol. The first kappa shape index (κ1) is 24.7. The standard InChI is InChI=1S/C25H28F2N4O4/c1-34-22-8-7-21-24(30-22)23(18(26)11-28-21)17(14-32)12-31-10-9-20(19(27)13-31)29-25(33)35-15-16-5-3-2-4-6-16/h2-8,11,17,19-20,32H,9-10,12-15H2,1H3,(H,29,33)/t17?,19-,20+/m0/s1. The van der Waals surface area contributed by atoms with Crippen LogP contribution in [0.4, 0.5) is 13.6 Å². The van der Waals surface area contributed by atoms with Gasteiger partial charge in [0, 0.05) is 37.2 Å². The second-order valence-corrected chi connectivity index (χ2v) is 8.50. The van der Waals surface area contributed by atoms with Crippen molar-refractivity contribution in [3.8, 4) is 5.88 Å². The number of methoxy groups -OCH3 is 1. The highest BCUT2D eigenvalue weighted by Gasteiger charge is 2.33. The minimum atomic E-state index is -1.34. The van der Waals surface area contributed by atoms with Gasteiger partial charge in [-0.1, -0.05) is 30.3 Å². The van der Waals surface area contributed by atoms with Crippen LogP contribution in [0.3, 0.4) is 0 Å². The van der Waals surface area contributed by atoms with Crippen LogP contribution in [0, 0.1) is 5.82 Å². The van der Waals surface area contributed by atoms with Gasteiger partial charge in [0.1, 0.15) is 18.6 Å². The number of benzene rings is 1. The Morgan fingerprint density at radius 1 is 1.29 bits per heavy atom. The van der Waals surface area contributed by atoms with Gasteiger partial charge in [-0.3, -0.25) is 9.88 Å². The number of aromatic nitrogens is 2. The Morgan fingerprint density at radius 3 is 2.80 bits per heavy atom. The van der Waals surface area contributed by atoms with Crippen LogP contribution < -0.4 is 10.1 Å². The maximum atomic E-state index is 14.9. The van der Waals surface area contributed by atoms with Crippen LogP contribution in [0.25, 0.3) is 11.0 Å². The molecule has 1 saturated heterocycles. The highest BCUT2D eigenvalue weighted by atomic mass is 19.1. The number of piperidine rings is 1. The number of alkyl halides is 1. The Kier molecular flexibility index (Phi) is 8.04. The third kappa shape index (κ3) is 6.01. The summed E-state index contributed by atoms with van der Waals surface area (Å²) in [6, 6.07) is 11.8. The van der Waals surface area contributed by atoms with Gasteiger partial charge in [-0.15, -0.1) is 0 Å². The van der Waals surface area contributed by atoms with E-state index in [4.69, 9.17) is 9.47 Å². The van der Waals surface area contributed by atoms with Gasteiger partial charge in [-0.25, -0.2) is 18.6 Å². The fourth-order valence-electron chi connectivity index (χ4n) is 4.31. The van der Waals surface area contributed by atoms with E-state index in [2.05, 4.69) is 15.3 Å². The van der Waals surface area contributed by atoms with E-state index in [9.17, 15) is 18.7 Å². The van der Waals surface area contributed by atoms with E-state index in [0.717, 1.165) is 11.8 Å². The molecule has 8 nitrogen and oxygen atoms in total. The Morgan fingerprint density at radius 2 is 2.09 bits per heavy atom. The van der Waals surface area contributed by atoms with Crippen LogP contribution in [-0.2, 0) is 11.3 Å². The summed E-state index contributed by atoms with van der Waals surface area (Å²) in [5.41, 5.74) is 1.84. The lowest BCUT2D eigenvalue weighted by Crippen LogP contribution is -2.53. The van der Waals surface area contributed by atoms with Crippen molar-refractivity contribution < 1.29 is 28.2 Å². The van der Waals surface area contributed by atoms with E-state index < -0.39 is 30.0 Å². The van der Waals surface area contributed by atoms with Gasteiger partial charge in [0.05, 0.1) is 37.0 Å². The number of fused-ring (bicyclic) bond motifs is 1. The van der Waals surface area contributed by atoms with E-state index >= 15 is 0 Å². The number of hydrogen-bond acceptors (Lipinski definition) is 7. The number of nitrogens with one attached hydrogen (secondary N) is 1. The van der Waals surface area contributed by atoms with Crippen molar-refractivity contribution in [2.45, 2.75) is 31.2 Å². The normalized spacial score (nSPS) is 19.3. The van der Waals surface area contributed by atoms with Crippen molar-refractivity contribution in [1.82, 2.24) is 20.2 Å². The largest absolute Gasteiger partial charge is 0.481 e. The molecule has 1 unspecified atom stereocenters. The monoisotopic (exact) mass is 486 g/mol. The molecule has 1 amide bonds. The van der Waals surface area contributed by atoms with Gasteiger partial charge in [0.15, 0.2) is 0 Å². The second kappa shape index (κ2) is 11.4. The summed E-state index contributed by atoms with van der Waals surface area (Å²) in [5, 5.41) is 12.7. The number of ether oxygens (including phenoxy) is 2. The molecule has 3 heterocycles. The molecule has 0 spiro atoms. The first-order valence-electron chi connectivity index (χ1n) is 11.4. The predicted octanol–water partition coefficient (Wildman–Crippen LogP) is 3.19. The van der Waals surface area contributed by atoms with Crippen LogP contribution in [0.5, 0.6) is 5.88 Å². The van der Waals surface area contributed by atoms with Gasteiger partial charge in [-0.2, -0.15) is 0 Å². The van der Waals surface area contributed by atoms with Crippen molar-refractivity contribution in [3.63, 3.8) is 0 Å². The molecule has 2 N–H and O–H groups in total. The smallest absolute Gasteiger partial charge is 0.407 e. The summed E-state index contributed by atoms with van der Waals surface area (Å²) in [7, 11) is 1.46. The van der Waals surface area contributed by atoms with Gasteiger partial charge < -0.3 is 19.9 Å². The van der Waals surface area contributed by atoms with E-state index in [1.54, 1.807) is 12.1 Å². The van der Waals surface area contributed by atoms with Crippen molar-refractivity contribution >= 4 is 17.1 Å². The lowest BCUT2D eigenvalue weighted by molar-refractivity contribution is 0.0805. The number of halogens is 2. The molecule has 3 atom stereocenters. The maximum Gasteiger partial charge on any atom is 0.407 e. The van der Waals surface area contributed by atoms with Crippen molar-refractivity contribution in [1.29, 1.82) is 0 Å². The van der Waals surface area contributed by atoms with Gasteiger partial charge >= 0.3 is 6.09 Å². The topological polar surface area (TPSA) is 96.8 Å². The number of rotatable bonds is 8. The molecule has 35 heavy (non-hydrogen) atoms. The van der Waals surface area contributed by atoms with Gasteiger partial charge in [0.25, 0.3) is 0 Å². The number of likely N-dealkylation sites (tertiary alicyclic amines) is 1. The molecule has 0 aliphatic carbocycles. The lowest BCUT2D eigenvalue weighted by atomic mass is 9.95. The maximum absolute atomic E-state index is 14.9. The molecule has 0 radical (unpaired) electrons. The van der Waals surface area contributed by atoms with Crippen molar-refractivity contribution in [2.75, 3.05) is 33.4 Å². The first-order valence-corrected chi connectivity index (χ1v) is 11.4. The molecule has 2 aromatic heterocycles. The molecule has 0 bridgehead atoms. The van der Waals surface area contributed by atoms with Crippen LogP contribution in [0.2, 0.25) is 0 Å². The Bertz CT molecular complexity index is 1150. The number of aliphatic hydroxyl groups is 1. The highest BCUT2D eigenvalue weighted by molar-refractivity contribution is 5.79. The number of carbonyl (C=O) groups is 1. The van der Waals surface area contributed by atoms with Gasteiger partial charge in [-0.05, 0) is 18.1 Å². The zero-order valence-electron chi connectivity index (χ0n) is 19.4. The molecule has 1 fully saturated rings. The summed E-state index contributed by atoms with van der Waals surface area (Å²) in [6.45, 7) is 0.460. The molecule has 4 rings (SSSR count). The number of aliphatic hydroxyl groups excluding tert-OH is 1. The summed E-state index contributed by atoms with van der Waals surface area (Å²) < 4.78 is 40.1. The summed E-state index contributed by atoms with van der Waals surface area (Å²) in [5.74, 6) is -0.933. The lowest BCUT2D eigenvalue weighted by Gasteiger charge is -2.36. The number of alkyl carbamates (subject to hydrolysis) is 1. The van der Waals surface area contributed by atoms with Gasteiger partial charge in [0.2, 0.25) is 5.88 Å². The van der Waals surface area contributed by atoms with Crippen LogP contribution in [0.15, 0.2) is 48.7 Å². The number of hydrogen-bond donors (Lipinski definition) is 2. The quantitative estimate of drug-likeness (QED) is 0.505. The molecule has 1 aliphatic rings. The van der Waals surface area contributed by atoms with Crippen molar-refractivity contribution in [3.05, 3.63) is 65.6 Å². The number of amides is 1. The summed E-state index contributed by atoms with van der Waals surface area (Å²) >= 11 is 0. The van der Waals surface area contributed by atoms with Crippen molar-refractivity contribution in [2.24, 2.45) is 0 Å². The predicted molar refractivity (Wildman–Crippen MR) is 125 cm³/mol. The molecule has 186 valence electrons. The van der Waals surface area contributed by atoms with Crippen LogP contribution in [-0.4, -0.2) is 71.6 Å². The van der Waals surface area contributed by atoms with E-state index in [0.29, 0.717) is 29.9 Å². The van der Waals surface area contributed by atoms with E-state index in [1.807, 2.05) is 35.2 Å². The Hall–Kier alpha value is -3.37. The SMILES string of the molecule is COc1ccc2ncc(F)c(C(CO)CN3CC[C@@H](NC(=O)OCc4ccccc4)[C@@H](F)C3)c2n1. The molecule has 1 aromatic carbocycles. The molecular formula is C25H28F2N4O4. The highest BCUT2D eigenvalue weighted by Crippen LogP contribution is 2.29. The first-order chi connectivity index (χ1) is 17.0. The zero-order chi connectivity index (χ0) is 24.8. The average molecular weight is 487 g/mol. The third-order valence-electron chi connectivity index (χ3n) is 6.14. The van der Waals surface area contributed by atoms with Crippen LogP contribution >= 0.6 is 0 Å². The molecule has 0 saturated carbocycles. The zero-order valence-corrected chi connectivity index (χ0v) is 19.4. The number of nitrogens with zero attached hydrogens (tertiary/aromatic N) is 3. The minimum Gasteiger partial charge on any atom is -0.481 e. The average Bonchev–Trinajstić information content (AvgIpc) is 2.88. The molecule has 3 aromatic rings. The summed E-state index contributed by atoms with van der Waals surface area (Å²) in [6.07, 6.45) is -0.562. The molecule has 10 heteroatoms. The fourth-order valence-corrected chi connectivity index (χ4v) is 4.31. The number of carbonyl (C=O) groups excluding carboxylic acids is 1. The minimum absolute atomic E-state index is 0.0293. The third-order valence-corrected chi connectivity index (χ3v) is 6.14. The Labute approximate surface area is 201 Å². The Balaban J connectivity index is 1.37. The van der Waals surface area contributed by atoms with E-state index in [1.165, 1.54) is 7.11 Å². The fraction of sp³-hybridized carbons (Fsp3) is 0.400. The van der Waals surface area contributed by atoms with Crippen LogP contribution in [0.1, 0.15) is 23.5 Å².